The molecule has 2 fully saturated rings. The summed E-state index contributed by atoms with van der Waals surface area (Å²) in [5, 5.41) is 8.85. The third kappa shape index (κ3) is 3.18. The predicted octanol–water partition coefficient (Wildman–Crippen LogP) is -0.310. The van der Waals surface area contributed by atoms with Gasteiger partial charge in [-0.15, -0.1) is 0 Å². The Hall–Kier alpha value is -0.650. The molecule has 0 aromatic heterocycles. The number of piperazine rings is 1. The van der Waals surface area contributed by atoms with Crippen LogP contribution >= 0.6 is 0 Å². The summed E-state index contributed by atoms with van der Waals surface area (Å²) >= 11 is 0. The van der Waals surface area contributed by atoms with Gasteiger partial charge >= 0.3 is 0 Å². The summed E-state index contributed by atoms with van der Waals surface area (Å²) in [5.74, 6) is 0.151. The van der Waals surface area contributed by atoms with Crippen LogP contribution in [0.3, 0.4) is 0 Å². The van der Waals surface area contributed by atoms with Gasteiger partial charge in [-0.05, 0) is 19.8 Å². The Balaban J connectivity index is 1.78. The van der Waals surface area contributed by atoms with Gasteiger partial charge in [0.2, 0.25) is 0 Å². The first-order valence-corrected chi connectivity index (χ1v) is 6.48. The van der Waals surface area contributed by atoms with Crippen molar-refractivity contribution < 1.29 is 14.6 Å². The number of carbonyl (C=O) groups is 1. The molecule has 98 valence electrons. The van der Waals surface area contributed by atoms with Gasteiger partial charge in [0, 0.05) is 32.7 Å². The number of nitrogens with zero attached hydrogens (tertiary/aromatic N) is 2. The molecule has 17 heavy (non-hydrogen) atoms. The summed E-state index contributed by atoms with van der Waals surface area (Å²) in [5.41, 5.74) is 0. The summed E-state index contributed by atoms with van der Waals surface area (Å²) in [4.78, 5) is 16.2. The Bertz CT molecular complexity index is 264. The van der Waals surface area contributed by atoms with Gasteiger partial charge in [0.15, 0.2) is 0 Å². The molecule has 0 spiro atoms. The van der Waals surface area contributed by atoms with E-state index in [1.54, 1.807) is 0 Å². The molecular formula is C12H22N2O3. The highest BCUT2D eigenvalue weighted by molar-refractivity contribution is 5.81. The lowest BCUT2D eigenvalue weighted by Crippen LogP contribution is -2.51. The Kier molecular flexibility index (Phi) is 4.36. The zero-order valence-corrected chi connectivity index (χ0v) is 10.5. The first kappa shape index (κ1) is 12.8. The molecule has 0 saturated carbocycles. The second-order valence-electron chi connectivity index (χ2n) is 4.90. The number of aliphatic hydroxyl groups is 1. The standard InChI is InChI=1S/C12H22N2O3/c1-10-2-3-11(17-10)12(16)14-6-4-13(5-7-14)8-9-15/h10-11,15H,2-9H2,1H3. The van der Waals surface area contributed by atoms with Crippen LogP contribution in [0.5, 0.6) is 0 Å². The number of rotatable bonds is 3. The minimum atomic E-state index is -0.214. The van der Waals surface area contributed by atoms with Crippen molar-refractivity contribution in [3.05, 3.63) is 0 Å². The van der Waals surface area contributed by atoms with Crippen LogP contribution in [0.4, 0.5) is 0 Å². The van der Waals surface area contributed by atoms with E-state index in [-0.39, 0.29) is 24.7 Å². The number of amides is 1. The highest BCUT2D eigenvalue weighted by Gasteiger charge is 2.32. The Morgan fingerprint density at radius 3 is 2.53 bits per heavy atom. The maximum absolute atomic E-state index is 12.1. The number of carbonyl (C=O) groups excluding carboxylic acids is 1. The number of aliphatic hydroxyl groups excluding tert-OH is 1. The van der Waals surface area contributed by atoms with Crippen molar-refractivity contribution in [2.45, 2.75) is 32.0 Å². The van der Waals surface area contributed by atoms with Gasteiger partial charge in [-0.3, -0.25) is 9.69 Å². The molecule has 2 aliphatic heterocycles. The van der Waals surface area contributed by atoms with Gasteiger partial charge in [-0.1, -0.05) is 0 Å². The molecular weight excluding hydrogens is 220 g/mol. The largest absolute Gasteiger partial charge is 0.395 e. The van der Waals surface area contributed by atoms with Crippen molar-refractivity contribution in [3.8, 4) is 0 Å². The summed E-state index contributed by atoms with van der Waals surface area (Å²) in [7, 11) is 0. The topological polar surface area (TPSA) is 53.0 Å². The maximum Gasteiger partial charge on any atom is 0.251 e. The van der Waals surface area contributed by atoms with Crippen LogP contribution in [-0.2, 0) is 9.53 Å². The van der Waals surface area contributed by atoms with E-state index in [1.807, 2.05) is 11.8 Å². The fourth-order valence-corrected chi connectivity index (χ4v) is 2.52. The molecule has 2 unspecified atom stereocenters. The number of ether oxygens (including phenoxy) is 1. The minimum absolute atomic E-state index is 0.151. The molecule has 5 nitrogen and oxygen atoms in total. The Morgan fingerprint density at radius 2 is 2.00 bits per heavy atom. The number of hydrogen-bond donors (Lipinski definition) is 1. The van der Waals surface area contributed by atoms with Crippen LogP contribution in [0.25, 0.3) is 0 Å². The van der Waals surface area contributed by atoms with Crippen LogP contribution in [0, 0.1) is 0 Å². The predicted molar refractivity (Wildman–Crippen MR) is 63.7 cm³/mol. The lowest BCUT2D eigenvalue weighted by molar-refractivity contribution is -0.144. The van der Waals surface area contributed by atoms with Gasteiger partial charge in [0.25, 0.3) is 5.91 Å². The monoisotopic (exact) mass is 242 g/mol. The zero-order valence-electron chi connectivity index (χ0n) is 10.5. The number of hydrogen-bond acceptors (Lipinski definition) is 4. The maximum atomic E-state index is 12.1. The quantitative estimate of drug-likeness (QED) is 0.737. The van der Waals surface area contributed by atoms with Crippen LogP contribution in [0.1, 0.15) is 19.8 Å². The van der Waals surface area contributed by atoms with E-state index < -0.39 is 0 Å². The van der Waals surface area contributed by atoms with Crippen molar-refractivity contribution in [2.75, 3.05) is 39.3 Å². The van der Waals surface area contributed by atoms with E-state index in [0.717, 1.165) is 39.0 Å². The molecule has 0 aromatic carbocycles. The van der Waals surface area contributed by atoms with E-state index in [2.05, 4.69) is 4.90 Å². The Morgan fingerprint density at radius 1 is 1.29 bits per heavy atom. The van der Waals surface area contributed by atoms with Crippen LogP contribution < -0.4 is 0 Å². The molecule has 0 radical (unpaired) electrons. The van der Waals surface area contributed by atoms with E-state index in [9.17, 15) is 4.79 Å². The second kappa shape index (κ2) is 5.80. The molecule has 0 aromatic rings. The average Bonchev–Trinajstić information content (AvgIpc) is 2.76. The van der Waals surface area contributed by atoms with Crippen molar-refractivity contribution in [1.82, 2.24) is 9.80 Å². The van der Waals surface area contributed by atoms with Gasteiger partial charge in [-0.25, -0.2) is 0 Å². The molecule has 0 aliphatic carbocycles. The van der Waals surface area contributed by atoms with E-state index in [4.69, 9.17) is 9.84 Å². The first-order valence-electron chi connectivity index (χ1n) is 6.48. The van der Waals surface area contributed by atoms with E-state index >= 15 is 0 Å². The third-order valence-corrected chi connectivity index (χ3v) is 3.61. The minimum Gasteiger partial charge on any atom is -0.395 e. The van der Waals surface area contributed by atoms with E-state index in [0.29, 0.717) is 6.54 Å². The summed E-state index contributed by atoms with van der Waals surface area (Å²) in [6.45, 7) is 6.14. The molecule has 1 amide bonds. The van der Waals surface area contributed by atoms with Gasteiger partial charge in [0.05, 0.1) is 12.7 Å². The highest BCUT2D eigenvalue weighted by Crippen LogP contribution is 2.21. The fraction of sp³-hybridized carbons (Fsp3) is 0.917. The zero-order chi connectivity index (χ0) is 12.3. The molecule has 2 rings (SSSR count). The summed E-state index contributed by atoms with van der Waals surface area (Å²) in [6.07, 6.45) is 1.85. The lowest BCUT2D eigenvalue weighted by Gasteiger charge is -2.35. The summed E-state index contributed by atoms with van der Waals surface area (Å²) < 4.78 is 5.61. The average molecular weight is 242 g/mol. The summed E-state index contributed by atoms with van der Waals surface area (Å²) in [6, 6.07) is 0. The highest BCUT2D eigenvalue weighted by atomic mass is 16.5. The Labute approximate surface area is 102 Å². The van der Waals surface area contributed by atoms with Crippen LogP contribution in [0.15, 0.2) is 0 Å². The van der Waals surface area contributed by atoms with Crippen molar-refractivity contribution >= 4 is 5.91 Å². The molecule has 2 aliphatic rings. The first-order chi connectivity index (χ1) is 8.20. The number of β-amino-alcohol motifs (C(OH)–C–C–N with tert-alkyl or cyclic N) is 1. The normalized spacial score (nSPS) is 30.8. The van der Waals surface area contributed by atoms with Crippen molar-refractivity contribution in [1.29, 1.82) is 0 Å². The smallest absolute Gasteiger partial charge is 0.251 e. The molecule has 1 N–H and O–H groups in total. The molecule has 2 heterocycles. The van der Waals surface area contributed by atoms with Gasteiger partial charge in [0.1, 0.15) is 6.10 Å². The van der Waals surface area contributed by atoms with Gasteiger partial charge < -0.3 is 14.7 Å². The third-order valence-electron chi connectivity index (χ3n) is 3.61. The van der Waals surface area contributed by atoms with Crippen LogP contribution in [0.2, 0.25) is 0 Å². The lowest BCUT2D eigenvalue weighted by atomic mass is 10.2. The van der Waals surface area contributed by atoms with Crippen LogP contribution in [-0.4, -0.2) is 72.4 Å². The van der Waals surface area contributed by atoms with Gasteiger partial charge in [-0.2, -0.15) is 0 Å². The van der Waals surface area contributed by atoms with E-state index in [1.165, 1.54) is 0 Å². The fourth-order valence-electron chi connectivity index (χ4n) is 2.52. The van der Waals surface area contributed by atoms with Crippen molar-refractivity contribution in [3.63, 3.8) is 0 Å². The second-order valence-corrected chi connectivity index (χ2v) is 4.90. The molecule has 2 atom stereocenters. The molecule has 0 bridgehead atoms. The SMILES string of the molecule is CC1CCC(C(=O)N2CCN(CCO)CC2)O1. The molecule has 2 saturated heterocycles. The van der Waals surface area contributed by atoms with Crippen molar-refractivity contribution in [2.24, 2.45) is 0 Å². The molecule has 5 heteroatoms.